The minimum absolute atomic E-state index is 0.306. The average molecular weight is 162 g/mol. The molecule has 0 aromatic rings. The molecular formula is C5H10N2O4. The molecule has 1 atom stereocenters. The SMILES string of the molecule is COC(CC(=O)O)NC(N)=O. The summed E-state index contributed by atoms with van der Waals surface area (Å²) in [7, 11) is 1.28. The van der Waals surface area contributed by atoms with Gasteiger partial charge in [0.05, 0.1) is 6.42 Å². The van der Waals surface area contributed by atoms with Crippen LogP contribution in [0, 0.1) is 0 Å². The van der Waals surface area contributed by atoms with Gasteiger partial charge in [0, 0.05) is 7.11 Å². The number of methoxy groups -OCH3 is 1. The van der Waals surface area contributed by atoms with Gasteiger partial charge in [-0.3, -0.25) is 4.79 Å². The molecule has 0 aromatic carbocycles. The van der Waals surface area contributed by atoms with Crippen LogP contribution in [0.3, 0.4) is 0 Å². The van der Waals surface area contributed by atoms with E-state index in [1.807, 2.05) is 0 Å². The van der Waals surface area contributed by atoms with E-state index in [0.29, 0.717) is 0 Å². The van der Waals surface area contributed by atoms with E-state index in [4.69, 9.17) is 10.8 Å². The van der Waals surface area contributed by atoms with Crippen molar-refractivity contribution in [2.24, 2.45) is 5.73 Å². The number of carboxylic acids is 1. The van der Waals surface area contributed by atoms with Crippen LogP contribution in [0.1, 0.15) is 6.42 Å². The fourth-order valence-corrected chi connectivity index (χ4v) is 0.511. The van der Waals surface area contributed by atoms with Crippen LogP contribution in [0.25, 0.3) is 0 Å². The Morgan fingerprint density at radius 3 is 2.55 bits per heavy atom. The number of aliphatic carboxylic acids is 1. The molecule has 0 saturated heterocycles. The van der Waals surface area contributed by atoms with Gasteiger partial charge in [-0.05, 0) is 0 Å². The Kier molecular flexibility index (Phi) is 3.97. The van der Waals surface area contributed by atoms with Crippen LogP contribution in [0.15, 0.2) is 0 Å². The first-order chi connectivity index (χ1) is 5.06. The summed E-state index contributed by atoms with van der Waals surface area (Å²) in [6.07, 6.45) is -1.16. The summed E-state index contributed by atoms with van der Waals surface area (Å²) in [6.45, 7) is 0. The molecule has 0 heterocycles. The lowest BCUT2D eigenvalue weighted by atomic mass is 10.4. The normalized spacial score (nSPS) is 12.1. The molecule has 4 N–H and O–H groups in total. The molecule has 0 aliphatic rings. The number of hydrogen-bond donors (Lipinski definition) is 3. The fourth-order valence-electron chi connectivity index (χ4n) is 0.511. The van der Waals surface area contributed by atoms with Crippen molar-refractivity contribution >= 4 is 12.0 Å². The molecule has 0 saturated carbocycles. The number of carbonyl (C=O) groups is 2. The first-order valence-corrected chi connectivity index (χ1v) is 2.86. The van der Waals surface area contributed by atoms with E-state index in [2.05, 4.69) is 10.1 Å². The summed E-state index contributed by atoms with van der Waals surface area (Å²) in [5.74, 6) is -1.06. The Morgan fingerprint density at radius 2 is 2.27 bits per heavy atom. The maximum atomic E-state index is 10.2. The lowest BCUT2D eigenvalue weighted by Gasteiger charge is -2.12. The molecule has 0 aliphatic heterocycles. The van der Waals surface area contributed by atoms with Crippen LogP contribution in [-0.4, -0.2) is 30.4 Å². The number of carbonyl (C=O) groups excluding carboxylic acids is 1. The van der Waals surface area contributed by atoms with E-state index in [0.717, 1.165) is 0 Å². The van der Waals surface area contributed by atoms with Crippen LogP contribution in [-0.2, 0) is 9.53 Å². The van der Waals surface area contributed by atoms with Gasteiger partial charge >= 0.3 is 12.0 Å². The summed E-state index contributed by atoms with van der Waals surface area (Å²) in [5, 5.41) is 10.4. The van der Waals surface area contributed by atoms with Crippen molar-refractivity contribution in [2.75, 3.05) is 7.11 Å². The molecule has 1 unspecified atom stereocenters. The number of urea groups is 1. The monoisotopic (exact) mass is 162 g/mol. The molecule has 0 radical (unpaired) electrons. The van der Waals surface area contributed by atoms with Crippen molar-refractivity contribution in [3.63, 3.8) is 0 Å². The van der Waals surface area contributed by atoms with Crippen molar-refractivity contribution in [1.82, 2.24) is 5.32 Å². The van der Waals surface area contributed by atoms with E-state index in [1.165, 1.54) is 7.11 Å². The second-order valence-electron chi connectivity index (χ2n) is 1.83. The summed E-state index contributed by atoms with van der Waals surface area (Å²) in [6, 6.07) is -0.807. The zero-order valence-electron chi connectivity index (χ0n) is 6.03. The molecule has 6 heteroatoms. The first-order valence-electron chi connectivity index (χ1n) is 2.86. The molecular weight excluding hydrogens is 152 g/mol. The van der Waals surface area contributed by atoms with Gasteiger partial charge in [0.2, 0.25) is 0 Å². The standard InChI is InChI=1S/C5H10N2O4/c1-11-3(2-4(8)9)7-5(6)10/h3H,2H2,1H3,(H,8,9)(H3,6,7,10). The Balaban J connectivity index is 3.76. The summed E-state index contributed by atoms with van der Waals surface area (Å²) in [5.41, 5.74) is 4.72. The highest BCUT2D eigenvalue weighted by atomic mass is 16.5. The number of nitrogens with two attached hydrogens (primary N) is 1. The van der Waals surface area contributed by atoms with E-state index in [-0.39, 0.29) is 6.42 Å². The lowest BCUT2D eigenvalue weighted by Crippen LogP contribution is -2.40. The van der Waals surface area contributed by atoms with Gasteiger partial charge < -0.3 is 20.9 Å². The lowest BCUT2D eigenvalue weighted by molar-refractivity contribution is -0.140. The zero-order valence-corrected chi connectivity index (χ0v) is 6.03. The van der Waals surface area contributed by atoms with Crippen LogP contribution >= 0.6 is 0 Å². The highest BCUT2D eigenvalue weighted by molar-refractivity contribution is 5.73. The molecule has 2 amide bonds. The van der Waals surface area contributed by atoms with Gasteiger partial charge in [-0.25, -0.2) is 4.79 Å². The Bertz CT molecular complexity index is 143. The molecule has 0 rings (SSSR count). The van der Waals surface area contributed by atoms with Gasteiger partial charge in [0.1, 0.15) is 6.23 Å². The maximum Gasteiger partial charge on any atom is 0.314 e. The largest absolute Gasteiger partial charge is 0.481 e. The number of nitrogens with one attached hydrogen (secondary N) is 1. The smallest absolute Gasteiger partial charge is 0.314 e. The van der Waals surface area contributed by atoms with Crippen LogP contribution in [0.5, 0.6) is 0 Å². The Labute approximate surface area is 63.3 Å². The quantitative estimate of drug-likeness (QED) is 0.466. The predicted octanol–water partition coefficient (Wildman–Crippen LogP) is -0.898. The van der Waals surface area contributed by atoms with Gasteiger partial charge in [-0.1, -0.05) is 0 Å². The van der Waals surface area contributed by atoms with Crippen LogP contribution < -0.4 is 11.1 Å². The molecule has 0 aliphatic carbocycles. The molecule has 0 bridgehead atoms. The van der Waals surface area contributed by atoms with Gasteiger partial charge in [-0.15, -0.1) is 0 Å². The third-order valence-electron chi connectivity index (χ3n) is 0.948. The van der Waals surface area contributed by atoms with Crippen molar-refractivity contribution in [1.29, 1.82) is 0 Å². The molecule has 0 fully saturated rings. The summed E-state index contributed by atoms with van der Waals surface area (Å²) >= 11 is 0. The Morgan fingerprint density at radius 1 is 1.73 bits per heavy atom. The number of carboxylic acid groups (broad SMARTS) is 1. The van der Waals surface area contributed by atoms with Gasteiger partial charge in [0.15, 0.2) is 0 Å². The van der Waals surface area contributed by atoms with Crippen molar-refractivity contribution < 1.29 is 19.4 Å². The Hall–Kier alpha value is -1.30. The fraction of sp³-hybridized carbons (Fsp3) is 0.600. The van der Waals surface area contributed by atoms with E-state index in [9.17, 15) is 9.59 Å². The molecule has 0 aromatic heterocycles. The molecule has 64 valence electrons. The minimum atomic E-state index is -1.06. The highest BCUT2D eigenvalue weighted by Crippen LogP contribution is 1.91. The highest BCUT2D eigenvalue weighted by Gasteiger charge is 2.12. The molecule has 6 nitrogen and oxygen atoms in total. The maximum absolute atomic E-state index is 10.2. The van der Waals surface area contributed by atoms with Gasteiger partial charge in [-0.2, -0.15) is 0 Å². The van der Waals surface area contributed by atoms with E-state index < -0.39 is 18.2 Å². The topological polar surface area (TPSA) is 102 Å². The summed E-state index contributed by atoms with van der Waals surface area (Å²) < 4.78 is 4.58. The summed E-state index contributed by atoms with van der Waals surface area (Å²) in [4.78, 5) is 20.3. The third kappa shape index (κ3) is 5.16. The van der Waals surface area contributed by atoms with E-state index >= 15 is 0 Å². The number of ether oxygens (including phenoxy) is 1. The minimum Gasteiger partial charge on any atom is -0.481 e. The van der Waals surface area contributed by atoms with Crippen LogP contribution in [0.4, 0.5) is 4.79 Å². The number of rotatable bonds is 4. The van der Waals surface area contributed by atoms with Crippen molar-refractivity contribution in [3.05, 3.63) is 0 Å². The predicted molar refractivity (Wildman–Crippen MR) is 35.8 cm³/mol. The number of amides is 2. The first kappa shape index (κ1) is 9.70. The second kappa shape index (κ2) is 4.51. The van der Waals surface area contributed by atoms with Crippen LogP contribution in [0.2, 0.25) is 0 Å². The molecule has 0 spiro atoms. The third-order valence-corrected chi connectivity index (χ3v) is 0.948. The zero-order chi connectivity index (χ0) is 8.85. The van der Waals surface area contributed by atoms with Crippen molar-refractivity contribution in [3.8, 4) is 0 Å². The number of primary amides is 1. The second-order valence-corrected chi connectivity index (χ2v) is 1.83. The van der Waals surface area contributed by atoms with Gasteiger partial charge in [0.25, 0.3) is 0 Å². The average Bonchev–Trinajstić information content (AvgIpc) is 1.84. The van der Waals surface area contributed by atoms with E-state index in [1.54, 1.807) is 0 Å². The van der Waals surface area contributed by atoms with Crippen molar-refractivity contribution in [2.45, 2.75) is 12.6 Å². The number of hydrogen-bond acceptors (Lipinski definition) is 3. The molecule has 11 heavy (non-hydrogen) atoms.